The Morgan fingerprint density at radius 2 is 1.96 bits per heavy atom. The molecule has 3 rings (SSSR count). The maximum absolute atomic E-state index is 10.4. The molecule has 23 heavy (non-hydrogen) atoms. The summed E-state index contributed by atoms with van der Waals surface area (Å²) >= 11 is 0. The zero-order chi connectivity index (χ0) is 16.2. The van der Waals surface area contributed by atoms with Gasteiger partial charge in [0.2, 0.25) is 5.89 Å². The number of nitrogens with zero attached hydrogens (tertiary/aromatic N) is 4. The third-order valence-electron chi connectivity index (χ3n) is 3.48. The second kappa shape index (κ2) is 6.75. The van der Waals surface area contributed by atoms with Gasteiger partial charge in [-0.25, -0.2) is 0 Å². The van der Waals surface area contributed by atoms with E-state index in [1.807, 2.05) is 30.3 Å². The Labute approximate surface area is 134 Å². The summed E-state index contributed by atoms with van der Waals surface area (Å²) in [5, 5.41) is 18.6. The van der Waals surface area contributed by atoms with E-state index in [4.69, 9.17) is 4.52 Å². The molecule has 2 aromatic heterocycles. The van der Waals surface area contributed by atoms with Gasteiger partial charge in [-0.2, -0.15) is 10.1 Å². The summed E-state index contributed by atoms with van der Waals surface area (Å²) < 4.78 is 6.93. The molecule has 1 atom stereocenters. The van der Waals surface area contributed by atoms with E-state index < -0.39 is 6.10 Å². The molecule has 2 heterocycles. The van der Waals surface area contributed by atoms with Gasteiger partial charge in [0.05, 0.1) is 6.20 Å². The molecule has 0 fully saturated rings. The molecule has 120 valence electrons. The van der Waals surface area contributed by atoms with E-state index in [1.54, 1.807) is 17.1 Å². The lowest BCUT2D eigenvalue weighted by atomic mass is 10.1. The predicted molar refractivity (Wildman–Crippen MR) is 84.7 cm³/mol. The highest BCUT2D eigenvalue weighted by Gasteiger charge is 2.14. The second-order valence-electron chi connectivity index (χ2n) is 5.99. The highest BCUT2D eigenvalue weighted by molar-refractivity contribution is 5.26. The maximum Gasteiger partial charge on any atom is 0.248 e. The van der Waals surface area contributed by atoms with Crippen molar-refractivity contribution in [3.8, 4) is 0 Å². The number of hydrogen-bond acceptors (Lipinski definition) is 5. The van der Waals surface area contributed by atoms with E-state index in [-0.39, 0.29) is 0 Å². The van der Waals surface area contributed by atoms with Gasteiger partial charge in [0, 0.05) is 18.2 Å². The topological polar surface area (TPSA) is 77.0 Å². The molecule has 6 heteroatoms. The van der Waals surface area contributed by atoms with Gasteiger partial charge in [-0.1, -0.05) is 49.3 Å². The normalized spacial score (nSPS) is 12.7. The van der Waals surface area contributed by atoms with Crippen LogP contribution in [0, 0.1) is 5.92 Å². The van der Waals surface area contributed by atoms with Crippen LogP contribution >= 0.6 is 0 Å². The summed E-state index contributed by atoms with van der Waals surface area (Å²) in [6.07, 6.45) is 3.55. The van der Waals surface area contributed by atoms with Gasteiger partial charge >= 0.3 is 0 Å². The fourth-order valence-electron chi connectivity index (χ4n) is 2.38. The van der Waals surface area contributed by atoms with E-state index in [0.717, 1.165) is 17.5 Å². The first-order valence-corrected chi connectivity index (χ1v) is 7.68. The molecule has 6 nitrogen and oxygen atoms in total. The van der Waals surface area contributed by atoms with Gasteiger partial charge < -0.3 is 9.63 Å². The van der Waals surface area contributed by atoms with Gasteiger partial charge in [0.15, 0.2) is 5.82 Å². The molecule has 3 aromatic rings. The van der Waals surface area contributed by atoms with Crippen LogP contribution in [0.5, 0.6) is 0 Å². The Kier molecular flexibility index (Phi) is 4.52. The minimum absolute atomic E-state index is 0.395. The van der Waals surface area contributed by atoms with Crippen molar-refractivity contribution in [1.82, 2.24) is 19.9 Å². The first-order chi connectivity index (χ1) is 11.1. The van der Waals surface area contributed by atoms with Crippen LogP contribution in [-0.4, -0.2) is 25.0 Å². The molecule has 1 N–H and O–H groups in total. The standard InChI is InChI=1S/C17H20N4O2/c1-12(2)8-15-19-16(23-20-15)11-21-10-14(9-18-21)17(22)13-6-4-3-5-7-13/h3-7,9-10,12,17,22H,8,11H2,1-2H3. The maximum atomic E-state index is 10.4. The minimum atomic E-state index is -0.691. The molecule has 0 amide bonds. The molecule has 0 aliphatic heterocycles. The van der Waals surface area contributed by atoms with Crippen molar-refractivity contribution in [3.63, 3.8) is 0 Å². The van der Waals surface area contributed by atoms with Gasteiger partial charge in [-0.05, 0) is 11.5 Å². The van der Waals surface area contributed by atoms with E-state index >= 15 is 0 Å². The third-order valence-corrected chi connectivity index (χ3v) is 3.48. The van der Waals surface area contributed by atoms with Crippen LogP contribution < -0.4 is 0 Å². The Bertz CT molecular complexity index is 749. The molecule has 1 unspecified atom stereocenters. The fourth-order valence-corrected chi connectivity index (χ4v) is 2.38. The van der Waals surface area contributed by atoms with Crippen molar-refractivity contribution in [1.29, 1.82) is 0 Å². The lowest BCUT2D eigenvalue weighted by molar-refractivity contribution is 0.220. The lowest BCUT2D eigenvalue weighted by Crippen LogP contribution is -2.02. The molecule has 0 saturated heterocycles. The average Bonchev–Trinajstić information content (AvgIpc) is 3.17. The number of benzene rings is 1. The monoisotopic (exact) mass is 312 g/mol. The van der Waals surface area contributed by atoms with Gasteiger partial charge in [0.1, 0.15) is 12.6 Å². The first-order valence-electron chi connectivity index (χ1n) is 7.68. The molecular formula is C17H20N4O2. The Hall–Kier alpha value is -2.47. The summed E-state index contributed by atoms with van der Waals surface area (Å²) in [5.41, 5.74) is 1.57. The number of aromatic nitrogens is 4. The third kappa shape index (κ3) is 3.84. The van der Waals surface area contributed by atoms with Crippen molar-refractivity contribution in [2.24, 2.45) is 5.92 Å². The average molecular weight is 312 g/mol. The SMILES string of the molecule is CC(C)Cc1noc(Cn2cc(C(O)c3ccccc3)cn2)n1. The van der Waals surface area contributed by atoms with Crippen LogP contribution in [0.2, 0.25) is 0 Å². The zero-order valence-corrected chi connectivity index (χ0v) is 13.3. The number of hydrogen-bond donors (Lipinski definition) is 1. The second-order valence-corrected chi connectivity index (χ2v) is 5.99. The van der Waals surface area contributed by atoms with Crippen LogP contribution in [0.1, 0.15) is 42.8 Å². The van der Waals surface area contributed by atoms with Crippen molar-refractivity contribution in [2.45, 2.75) is 32.9 Å². The van der Waals surface area contributed by atoms with Crippen molar-refractivity contribution >= 4 is 0 Å². The van der Waals surface area contributed by atoms with E-state index in [0.29, 0.717) is 24.2 Å². The number of rotatable bonds is 6. The van der Waals surface area contributed by atoms with Crippen LogP contribution in [-0.2, 0) is 13.0 Å². The fraction of sp³-hybridized carbons (Fsp3) is 0.353. The largest absolute Gasteiger partial charge is 0.384 e. The van der Waals surface area contributed by atoms with Gasteiger partial charge in [-0.15, -0.1) is 0 Å². The van der Waals surface area contributed by atoms with Crippen LogP contribution in [0.3, 0.4) is 0 Å². The Morgan fingerprint density at radius 3 is 2.70 bits per heavy atom. The highest BCUT2D eigenvalue weighted by atomic mass is 16.5. The van der Waals surface area contributed by atoms with Gasteiger partial charge in [0.25, 0.3) is 0 Å². The van der Waals surface area contributed by atoms with Crippen molar-refractivity contribution < 1.29 is 9.63 Å². The van der Waals surface area contributed by atoms with E-state index in [2.05, 4.69) is 29.1 Å². The van der Waals surface area contributed by atoms with Crippen LogP contribution in [0.15, 0.2) is 47.2 Å². The lowest BCUT2D eigenvalue weighted by Gasteiger charge is -2.07. The van der Waals surface area contributed by atoms with Crippen LogP contribution in [0.25, 0.3) is 0 Å². The van der Waals surface area contributed by atoms with Crippen molar-refractivity contribution in [2.75, 3.05) is 0 Å². The first kappa shape index (κ1) is 15.4. The molecule has 0 aliphatic rings. The van der Waals surface area contributed by atoms with Crippen LogP contribution in [0.4, 0.5) is 0 Å². The van der Waals surface area contributed by atoms with E-state index in [1.165, 1.54) is 0 Å². The molecule has 0 saturated carbocycles. The highest BCUT2D eigenvalue weighted by Crippen LogP contribution is 2.21. The Morgan fingerprint density at radius 1 is 1.17 bits per heavy atom. The smallest absolute Gasteiger partial charge is 0.248 e. The van der Waals surface area contributed by atoms with Gasteiger partial charge in [-0.3, -0.25) is 4.68 Å². The predicted octanol–water partition coefficient (Wildman–Crippen LogP) is 2.59. The molecule has 0 bridgehead atoms. The minimum Gasteiger partial charge on any atom is -0.384 e. The molecule has 0 aliphatic carbocycles. The van der Waals surface area contributed by atoms with E-state index in [9.17, 15) is 5.11 Å². The summed E-state index contributed by atoms with van der Waals surface area (Å²) in [6.45, 7) is 4.62. The number of aliphatic hydroxyl groups excluding tert-OH is 1. The summed E-state index contributed by atoms with van der Waals surface area (Å²) in [6, 6.07) is 9.50. The Balaban J connectivity index is 1.69. The van der Waals surface area contributed by atoms with Crippen molar-refractivity contribution in [3.05, 3.63) is 65.6 Å². The summed E-state index contributed by atoms with van der Waals surface area (Å²) in [4.78, 5) is 4.36. The zero-order valence-electron chi connectivity index (χ0n) is 13.3. The quantitative estimate of drug-likeness (QED) is 0.757. The molecule has 0 radical (unpaired) electrons. The molecule has 1 aromatic carbocycles. The molecule has 0 spiro atoms. The summed E-state index contributed by atoms with van der Waals surface area (Å²) in [7, 11) is 0. The molecular weight excluding hydrogens is 292 g/mol. The number of aliphatic hydroxyl groups is 1. The summed E-state index contributed by atoms with van der Waals surface area (Å²) in [5.74, 6) is 1.72.